The second kappa shape index (κ2) is 5.56. The first-order valence-corrected chi connectivity index (χ1v) is 7.94. The molecular formula is C11H16BrN3O2S. The fraction of sp³-hybridized carbons (Fsp3) is 0.455. The maximum absolute atomic E-state index is 12.0. The third kappa shape index (κ3) is 3.03. The molecule has 7 heteroatoms. The molecule has 1 fully saturated rings. The molecule has 5 nitrogen and oxygen atoms in total. The fourth-order valence-electron chi connectivity index (χ4n) is 2.00. The van der Waals surface area contributed by atoms with Crippen LogP contribution in [0.3, 0.4) is 0 Å². The number of hydrogen-bond acceptors (Lipinski definition) is 3. The van der Waals surface area contributed by atoms with Gasteiger partial charge in [0.25, 0.3) is 0 Å². The van der Waals surface area contributed by atoms with Gasteiger partial charge in [-0.15, -0.1) is 0 Å². The van der Waals surface area contributed by atoms with Gasteiger partial charge in [-0.1, -0.05) is 22.0 Å². The Hall–Kier alpha value is -0.630. The van der Waals surface area contributed by atoms with Gasteiger partial charge in [0.1, 0.15) is 0 Å². The van der Waals surface area contributed by atoms with Crippen molar-refractivity contribution in [1.29, 1.82) is 0 Å². The lowest BCUT2D eigenvalue weighted by atomic mass is 10.1. The molecule has 0 saturated carbocycles. The van der Waals surface area contributed by atoms with Gasteiger partial charge in [-0.25, -0.2) is 0 Å². The molecule has 1 atom stereocenters. The Kier molecular flexibility index (Phi) is 4.26. The van der Waals surface area contributed by atoms with Gasteiger partial charge in [-0.05, 0) is 25.2 Å². The first-order valence-electron chi connectivity index (χ1n) is 5.70. The third-order valence-electron chi connectivity index (χ3n) is 2.86. The van der Waals surface area contributed by atoms with Crippen LogP contribution in [0.4, 0.5) is 5.69 Å². The summed E-state index contributed by atoms with van der Waals surface area (Å²) in [6, 6.07) is 7.31. The van der Waals surface area contributed by atoms with Crippen molar-refractivity contribution in [2.75, 3.05) is 31.0 Å². The van der Waals surface area contributed by atoms with Crippen LogP contribution >= 0.6 is 15.9 Å². The summed E-state index contributed by atoms with van der Waals surface area (Å²) >= 11 is 3.36. The molecule has 18 heavy (non-hydrogen) atoms. The third-order valence-corrected chi connectivity index (χ3v) is 4.82. The summed E-state index contributed by atoms with van der Waals surface area (Å²) in [7, 11) is -1.54. The number of benzene rings is 1. The number of hydrogen-bond donors (Lipinski definition) is 2. The smallest absolute Gasteiger partial charge is 0.301 e. The van der Waals surface area contributed by atoms with Crippen LogP contribution in [0.5, 0.6) is 0 Å². The molecule has 0 bridgehead atoms. The van der Waals surface area contributed by atoms with Gasteiger partial charge in [-0.2, -0.15) is 13.1 Å². The largest absolute Gasteiger partial charge is 0.319 e. The molecular weight excluding hydrogens is 318 g/mol. The van der Waals surface area contributed by atoms with Gasteiger partial charge in [0.05, 0.1) is 5.69 Å². The van der Waals surface area contributed by atoms with Gasteiger partial charge in [0.2, 0.25) is 0 Å². The van der Waals surface area contributed by atoms with E-state index in [0.717, 1.165) is 11.0 Å². The Bertz CT molecular complexity index is 521. The highest BCUT2D eigenvalue weighted by Gasteiger charge is 2.30. The first-order chi connectivity index (χ1) is 8.53. The molecule has 1 aromatic carbocycles. The van der Waals surface area contributed by atoms with E-state index in [-0.39, 0.29) is 5.92 Å². The first kappa shape index (κ1) is 13.8. The summed E-state index contributed by atoms with van der Waals surface area (Å²) in [4.78, 5) is 0. The van der Waals surface area contributed by atoms with E-state index in [4.69, 9.17) is 0 Å². The zero-order valence-electron chi connectivity index (χ0n) is 10.1. The summed E-state index contributed by atoms with van der Waals surface area (Å²) in [5.41, 5.74) is 0.678. The van der Waals surface area contributed by atoms with E-state index >= 15 is 0 Å². The van der Waals surface area contributed by atoms with Crippen molar-refractivity contribution in [2.45, 2.75) is 0 Å². The van der Waals surface area contributed by atoms with Crippen molar-refractivity contribution in [3.05, 3.63) is 28.7 Å². The second-order valence-corrected chi connectivity index (χ2v) is 6.88. The lowest BCUT2D eigenvalue weighted by Gasteiger charge is -2.34. The average molecular weight is 334 g/mol. The highest BCUT2D eigenvalue weighted by atomic mass is 79.9. The van der Waals surface area contributed by atoms with Crippen molar-refractivity contribution in [3.8, 4) is 0 Å². The molecule has 2 N–H and O–H groups in total. The van der Waals surface area contributed by atoms with Crippen LogP contribution in [-0.2, 0) is 10.2 Å². The fourth-order valence-corrected chi connectivity index (χ4v) is 3.79. The standard InChI is InChI=1S/C11H16BrN3O2S/c1-13-6-9-7-14-18(16,17)15(8-9)11-4-2-3-10(12)5-11/h2-5,9,13-14H,6-8H2,1H3. The average Bonchev–Trinajstić information content (AvgIpc) is 2.31. The molecule has 0 amide bonds. The van der Waals surface area contributed by atoms with E-state index in [2.05, 4.69) is 26.0 Å². The maximum atomic E-state index is 12.0. The van der Waals surface area contributed by atoms with E-state index in [1.54, 1.807) is 12.1 Å². The summed E-state index contributed by atoms with van der Waals surface area (Å²) in [6.07, 6.45) is 0. The van der Waals surface area contributed by atoms with Crippen molar-refractivity contribution >= 4 is 31.8 Å². The van der Waals surface area contributed by atoms with Crippen molar-refractivity contribution in [3.63, 3.8) is 0 Å². The zero-order valence-corrected chi connectivity index (χ0v) is 12.5. The predicted molar refractivity (Wildman–Crippen MR) is 75.8 cm³/mol. The van der Waals surface area contributed by atoms with Gasteiger partial charge in [-0.3, -0.25) is 4.31 Å². The lowest BCUT2D eigenvalue weighted by Crippen LogP contribution is -2.53. The van der Waals surface area contributed by atoms with Gasteiger partial charge < -0.3 is 5.32 Å². The predicted octanol–water partition coefficient (Wildman–Crippen LogP) is 0.939. The van der Waals surface area contributed by atoms with Crippen LogP contribution in [-0.4, -0.2) is 35.1 Å². The van der Waals surface area contributed by atoms with E-state index in [0.29, 0.717) is 18.8 Å². The molecule has 1 aromatic rings. The van der Waals surface area contributed by atoms with Gasteiger partial charge >= 0.3 is 10.2 Å². The summed E-state index contributed by atoms with van der Waals surface area (Å²) in [5.74, 6) is 0.262. The minimum absolute atomic E-state index is 0.262. The highest BCUT2D eigenvalue weighted by Crippen LogP contribution is 2.24. The molecule has 1 unspecified atom stereocenters. The normalized spacial score (nSPS) is 23.0. The SMILES string of the molecule is CNCC1CNS(=O)(=O)N(c2cccc(Br)c2)C1. The van der Waals surface area contributed by atoms with Crippen LogP contribution in [0, 0.1) is 5.92 Å². The van der Waals surface area contributed by atoms with Crippen molar-refractivity contribution in [1.82, 2.24) is 10.0 Å². The Labute approximate surface area is 116 Å². The topological polar surface area (TPSA) is 61.4 Å². The summed E-state index contributed by atoms with van der Waals surface area (Å²) < 4.78 is 28.9. The number of anilines is 1. The summed E-state index contributed by atoms with van der Waals surface area (Å²) in [6.45, 7) is 1.76. The molecule has 0 aromatic heterocycles. The Morgan fingerprint density at radius 2 is 2.33 bits per heavy atom. The minimum atomic E-state index is -3.41. The Morgan fingerprint density at radius 3 is 3.00 bits per heavy atom. The van der Waals surface area contributed by atoms with Crippen LogP contribution < -0.4 is 14.3 Å². The van der Waals surface area contributed by atoms with Crippen LogP contribution in [0.1, 0.15) is 0 Å². The molecule has 0 spiro atoms. The quantitative estimate of drug-likeness (QED) is 0.865. The molecule has 1 aliphatic heterocycles. The van der Waals surface area contributed by atoms with Gasteiger partial charge in [0.15, 0.2) is 0 Å². The molecule has 1 saturated heterocycles. The number of nitrogens with one attached hydrogen (secondary N) is 2. The van der Waals surface area contributed by atoms with Crippen LogP contribution in [0.15, 0.2) is 28.7 Å². The lowest BCUT2D eigenvalue weighted by molar-refractivity contribution is 0.464. The number of halogens is 1. The zero-order chi connectivity index (χ0) is 13.2. The molecule has 1 aliphatic rings. The van der Waals surface area contributed by atoms with Crippen LogP contribution in [0.2, 0.25) is 0 Å². The molecule has 100 valence electrons. The van der Waals surface area contributed by atoms with E-state index in [1.165, 1.54) is 4.31 Å². The highest BCUT2D eigenvalue weighted by molar-refractivity contribution is 9.10. The Morgan fingerprint density at radius 1 is 1.56 bits per heavy atom. The second-order valence-electron chi connectivity index (χ2n) is 4.29. The van der Waals surface area contributed by atoms with Gasteiger partial charge in [0, 0.05) is 30.0 Å². The maximum Gasteiger partial charge on any atom is 0.301 e. The van der Waals surface area contributed by atoms with E-state index < -0.39 is 10.2 Å². The summed E-state index contributed by atoms with van der Waals surface area (Å²) in [5, 5.41) is 3.08. The molecule has 0 aliphatic carbocycles. The molecule has 2 rings (SSSR count). The van der Waals surface area contributed by atoms with Crippen molar-refractivity contribution < 1.29 is 8.42 Å². The monoisotopic (exact) mass is 333 g/mol. The van der Waals surface area contributed by atoms with E-state index in [9.17, 15) is 8.42 Å². The Balaban J connectivity index is 2.27. The number of nitrogens with zero attached hydrogens (tertiary/aromatic N) is 1. The van der Waals surface area contributed by atoms with Crippen molar-refractivity contribution in [2.24, 2.45) is 5.92 Å². The molecule has 1 heterocycles. The van der Waals surface area contributed by atoms with E-state index in [1.807, 2.05) is 19.2 Å². The molecule has 0 radical (unpaired) electrons. The number of rotatable bonds is 3. The minimum Gasteiger partial charge on any atom is -0.319 e. The van der Waals surface area contributed by atoms with Crippen LogP contribution in [0.25, 0.3) is 0 Å².